The maximum Gasteiger partial charge on any atom is 0.181 e. The third-order valence-corrected chi connectivity index (χ3v) is 4.99. The van der Waals surface area contributed by atoms with E-state index in [2.05, 4.69) is 24.8 Å². The summed E-state index contributed by atoms with van der Waals surface area (Å²) in [5.41, 5.74) is 3.89. The molecular formula is C19H27NO4. The third kappa shape index (κ3) is 3.04. The second-order valence-corrected chi connectivity index (χ2v) is 6.19. The Morgan fingerprint density at radius 2 is 2.08 bits per heavy atom. The molecule has 132 valence electrons. The van der Waals surface area contributed by atoms with Crippen LogP contribution in [-0.4, -0.2) is 38.0 Å². The summed E-state index contributed by atoms with van der Waals surface area (Å²) in [5, 5.41) is 11.4. The van der Waals surface area contributed by atoms with Gasteiger partial charge in [0.1, 0.15) is 5.58 Å². The zero-order chi connectivity index (χ0) is 17.1. The standard InChI is InChI=1S/C19H27NO4/c1-4-14-16(20(5-2)13-6-9-23-10-7-13)12-17-15(8-11-24-17)18(14)19(21)22-3/h8,11-13,19,21H,4-7,9-10H2,1-3H3. The van der Waals surface area contributed by atoms with E-state index in [4.69, 9.17) is 13.9 Å². The van der Waals surface area contributed by atoms with Gasteiger partial charge < -0.3 is 23.9 Å². The van der Waals surface area contributed by atoms with E-state index in [-0.39, 0.29) is 0 Å². The zero-order valence-corrected chi connectivity index (χ0v) is 14.7. The number of fused-ring (bicyclic) bond motifs is 1. The first-order chi connectivity index (χ1) is 11.7. The van der Waals surface area contributed by atoms with Crippen LogP contribution in [0.25, 0.3) is 11.0 Å². The van der Waals surface area contributed by atoms with Crippen molar-refractivity contribution >= 4 is 16.7 Å². The third-order valence-electron chi connectivity index (χ3n) is 4.99. The van der Waals surface area contributed by atoms with Gasteiger partial charge in [0, 0.05) is 55.6 Å². The summed E-state index contributed by atoms with van der Waals surface area (Å²) in [5.74, 6) is 0. The van der Waals surface area contributed by atoms with Crippen molar-refractivity contribution in [3.8, 4) is 0 Å². The van der Waals surface area contributed by atoms with Gasteiger partial charge in [0.2, 0.25) is 0 Å². The largest absolute Gasteiger partial charge is 0.464 e. The first-order valence-electron chi connectivity index (χ1n) is 8.79. The highest BCUT2D eigenvalue weighted by atomic mass is 16.6. The second-order valence-electron chi connectivity index (χ2n) is 6.19. The molecule has 0 bridgehead atoms. The Balaban J connectivity index is 2.14. The van der Waals surface area contributed by atoms with E-state index in [0.717, 1.165) is 66.8 Å². The summed E-state index contributed by atoms with van der Waals surface area (Å²) in [6, 6.07) is 4.47. The number of benzene rings is 1. The highest BCUT2D eigenvalue weighted by Crippen LogP contribution is 2.38. The minimum absolute atomic E-state index is 0.453. The summed E-state index contributed by atoms with van der Waals surface area (Å²) in [7, 11) is 1.53. The Hall–Kier alpha value is -1.56. The molecular weight excluding hydrogens is 306 g/mol. The van der Waals surface area contributed by atoms with E-state index >= 15 is 0 Å². The van der Waals surface area contributed by atoms with E-state index in [9.17, 15) is 5.11 Å². The van der Waals surface area contributed by atoms with Gasteiger partial charge in [-0.15, -0.1) is 0 Å². The molecule has 1 saturated heterocycles. The molecule has 0 spiro atoms. The van der Waals surface area contributed by atoms with E-state index in [1.54, 1.807) is 6.26 Å². The van der Waals surface area contributed by atoms with Gasteiger partial charge in [0.15, 0.2) is 6.29 Å². The highest BCUT2D eigenvalue weighted by Gasteiger charge is 2.26. The van der Waals surface area contributed by atoms with E-state index in [1.807, 2.05) is 6.07 Å². The predicted molar refractivity (Wildman–Crippen MR) is 94.4 cm³/mol. The number of ether oxygens (including phenoxy) is 2. The summed E-state index contributed by atoms with van der Waals surface area (Å²) < 4.78 is 16.4. The van der Waals surface area contributed by atoms with Crippen LogP contribution in [0.4, 0.5) is 5.69 Å². The Morgan fingerprint density at radius 1 is 1.33 bits per heavy atom. The van der Waals surface area contributed by atoms with Crippen LogP contribution in [0.2, 0.25) is 0 Å². The predicted octanol–water partition coefficient (Wildman–Crippen LogP) is 3.64. The molecule has 0 saturated carbocycles. The smallest absolute Gasteiger partial charge is 0.181 e. The quantitative estimate of drug-likeness (QED) is 0.818. The normalized spacial score (nSPS) is 17.3. The summed E-state index contributed by atoms with van der Waals surface area (Å²) >= 11 is 0. The Morgan fingerprint density at radius 3 is 2.71 bits per heavy atom. The number of hydrogen-bond acceptors (Lipinski definition) is 5. The number of anilines is 1. The number of rotatable bonds is 6. The lowest BCUT2D eigenvalue weighted by Crippen LogP contribution is -2.40. The molecule has 0 amide bonds. The molecule has 2 heterocycles. The molecule has 5 heteroatoms. The fourth-order valence-corrected chi connectivity index (χ4v) is 3.82. The molecule has 1 aliphatic rings. The first kappa shape index (κ1) is 17.3. The average Bonchev–Trinajstić information content (AvgIpc) is 3.09. The first-order valence-corrected chi connectivity index (χ1v) is 8.79. The fourth-order valence-electron chi connectivity index (χ4n) is 3.82. The zero-order valence-electron chi connectivity index (χ0n) is 14.7. The number of aliphatic hydroxyl groups excluding tert-OH is 1. The van der Waals surface area contributed by atoms with Crippen molar-refractivity contribution in [1.82, 2.24) is 0 Å². The number of aliphatic hydroxyl groups is 1. The number of nitrogens with zero attached hydrogens (tertiary/aromatic N) is 1. The number of furan rings is 1. The molecule has 3 rings (SSSR count). The Bertz CT molecular complexity index is 675. The second kappa shape index (κ2) is 7.55. The maximum absolute atomic E-state index is 10.4. The number of hydrogen-bond donors (Lipinski definition) is 1. The van der Waals surface area contributed by atoms with Crippen LogP contribution in [0, 0.1) is 0 Å². The highest BCUT2D eigenvalue weighted by molar-refractivity contribution is 5.87. The molecule has 1 unspecified atom stereocenters. The van der Waals surface area contributed by atoms with E-state index in [0.29, 0.717) is 6.04 Å². The monoisotopic (exact) mass is 333 g/mol. The maximum atomic E-state index is 10.4. The van der Waals surface area contributed by atoms with Gasteiger partial charge in [0.05, 0.1) is 6.26 Å². The lowest BCUT2D eigenvalue weighted by Gasteiger charge is -2.37. The average molecular weight is 333 g/mol. The molecule has 0 aliphatic carbocycles. The topological polar surface area (TPSA) is 55.1 Å². The molecule has 5 nitrogen and oxygen atoms in total. The van der Waals surface area contributed by atoms with E-state index < -0.39 is 6.29 Å². The lowest BCUT2D eigenvalue weighted by molar-refractivity contribution is -0.0763. The number of methoxy groups -OCH3 is 1. The van der Waals surface area contributed by atoms with E-state index in [1.165, 1.54) is 7.11 Å². The van der Waals surface area contributed by atoms with Gasteiger partial charge in [-0.3, -0.25) is 0 Å². The summed E-state index contributed by atoms with van der Waals surface area (Å²) in [4.78, 5) is 2.43. The van der Waals surface area contributed by atoms with Crippen LogP contribution in [0.1, 0.15) is 44.1 Å². The molecule has 1 fully saturated rings. The summed E-state index contributed by atoms with van der Waals surface area (Å²) in [6.07, 6.45) is 3.59. The SMILES string of the molecule is CCc1c(N(CC)C2CCOCC2)cc2occc2c1C(O)OC. The minimum Gasteiger partial charge on any atom is -0.464 e. The van der Waals surface area contributed by atoms with Crippen molar-refractivity contribution in [2.24, 2.45) is 0 Å². The van der Waals surface area contributed by atoms with Crippen LogP contribution in [0.15, 0.2) is 22.8 Å². The molecule has 1 aromatic carbocycles. The van der Waals surface area contributed by atoms with Crippen LogP contribution < -0.4 is 4.90 Å². The fraction of sp³-hybridized carbons (Fsp3) is 0.579. The van der Waals surface area contributed by atoms with Crippen molar-refractivity contribution in [2.45, 2.75) is 45.4 Å². The Kier molecular flexibility index (Phi) is 5.43. The minimum atomic E-state index is -0.951. The molecule has 2 aromatic rings. The Labute approximate surface area is 143 Å². The lowest BCUT2D eigenvalue weighted by atomic mass is 9.96. The van der Waals surface area contributed by atoms with Gasteiger partial charge in [-0.2, -0.15) is 0 Å². The molecule has 1 aromatic heterocycles. The van der Waals surface area contributed by atoms with Crippen LogP contribution in [0.5, 0.6) is 0 Å². The molecule has 1 atom stereocenters. The molecule has 0 radical (unpaired) electrons. The van der Waals surface area contributed by atoms with Gasteiger partial charge in [-0.25, -0.2) is 0 Å². The van der Waals surface area contributed by atoms with Crippen molar-refractivity contribution < 1.29 is 19.0 Å². The molecule has 1 aliphatic heterocycles. The van der Waals surface area contributed by atoms with Gasteiger partial charge in [-0.05, 0) is 37.8 Å². The van der Waals surface area contributed by atoms with Crippen LogP contribution in [0.3, 0.4) is 0 Å². The van der Waals surface area contributed by atoms with Gasteiger partial charge in [0.25, 0.3) is 0 Å². The molecule has 1 N–H and O–H groups in total. The van der Waals surface area contributed by atoms with Gasteiger partial charge >= 0.3 is 0 Å². The van der Waals surface area contributed by atoms with Crippen LogP contribution in [-0.2, 0) is 15.9 Å². The van der Waals surface area contributed by atoms with Gasteiger partial charge in [-0.1, -0.05) is 6.92 Å². The van der Waals surface area contributed by atoms with Crippen molar-refractivity contribution in [3.05, 3.63) is 29.5 Å². The summed E-state index contributed by atoms with van der Waals surface area (Å²) in [6.45, 7) is 6.81. The van der Waals surface area contributed by atoms with Crippen molar-refractivity contribution in [1.29, 1.82) is 0 Å². The molecule has 24 heavy (non-hydrogen) atoms. The van der Waals surface area contributed by atoms with Crippen molar-refractivity contribution in [2.75, 3.05) is 31.8 Å². The van der Waals surface area contributed by atoms with Crippen LogP contribution >= 0.6 is 0 Å². The van der Waals surface area contributed by atoms with Crippen molar-refractivity contribution in [3.63, 3.8) is 0 Å².